The van der Waals surface area contributed by atoms with E-state index in [0.717, 1.165) is 29.9 Å². The fourth-order valence-electron chi connectivity index (χ4n) is 3.68. The quantitative estimate of drug-likeness (QED) is 0.650. The fraction of sp³-hybridized carbons (Fsp3) is 0.286. The molecule has 28 heavy (non-hydrogen) atoms. The van der Waals surface area contributed by atoms with Crippen LogP contribution in [0.25, 0.3) is 10.2 Å². The van der Waals surface area contributed by atoms with Gasteiger partial charge in [-0.2, -0.15) is 0 Å². The second kappa shape index (κ2) is 8.08. The summed E-state index contributed by atoms with van der Waals surface area (Å²) in [6.45, 7) is 1.37. The number of quaternary nitrogens is 1. The monoisotopic (exact) mass is 396 g/mol. The summed E-state index contributed by atoms with van der Waals surface area (Å²) in [5.41, 5.74) is 2.17. The van der Waals surface area contributed by atoms with E-state index in [2.05, 4.69) is 16.1 Å². The van der Waals surface area contributed by atoms with Gasteiger partial charge in [0.25, 0.3) is 5.91 Å². The Morgan fingerprint density at radius 1 is 1.21 bits per heavy atom. The zero-order valence-corrected chi connectivity index (χ0v) is 16.4. The van der Waals surface area contributed by atoms with Crippen molar-refractivity contribution in [3.05, 3.63) is 59.1 Å². The minimum absolute atomic E-state index is 0.0335. The zero-order chi connectivity index (χ0) is 19.5. The first-order valence-corrected chi connectivity index (χ1v) is 10.1. The van der Waals surface area contributed by atoms with E-state index in [4.69, 9.17) is 4.98 Å². The molecule has 6 nitrogen and oxygen atoms in total. The molecule has 1 fully saturated rings. The van der Waals surface area contributed by atoms with Gasteiger partial charge in [-0.15, -0.1) is 11.3 Å². The fourth-order valence-corrected chi connectivity index (χ4v) is 4.84. The first-order chi connectivity index (χ1) is 13.6. The lowest BCUT2D eigenvalue weighted by atomic mass is 10.2. The molecule has 2 heterocycles. The topological polar surface area (TPSA) is 72.7 Å². The molecule has 0 radical (unpaired) electrons. The maximum Gasteiger partial charge on any atom is 0.337 e. The highest BCUT2D eigenvalue weighted by Gasteiger charge is 2.34. The molecule has 1 aliphatic heterocycles. The highest BCUT2D eigenvalue weighted by atomic mass is 32.1. The molecule has 0 spiro atoms. The average Bonchev–Trinajstić information content (AvgIpc) is 3.34. The molecule has 2 aromatic carbocycles. The van der Waals surface area contributed by atoms with Crippen LogP contribution in [0, 0.1) is 0 Å². The van der Waals surface area contributed by atoms with Crippen LogP contribution in [0.5, 0.6) is 0 Å². The van der Waals surface area contributed by atoms with E-state index < -0.39 is 5.97 Å². The lowest BCUT2D eigenvalue weighted by molar-refractivity contribution is -0.910. The Kier molecular flexibility index (Phi) is 5.36. The summed E-state index contributed by atoms with van der Waals surface area (Å²) in [7, 11) is 1.35. The van der Waals surface area contributed by atoms with E-state index in [0.29, 0.717) is 17.8 Å². The Labute approximate surface area is 167 Å². The number of hydrogen-bond donors (Lipinski definition) is 2. The van der Waals surface area contributed by atoms with Crippen LogP contribution in [0.15, 0.2) is 48.5 Å². The molecule has 0 saturated carbocycles. The normalized spacial score (nSPS) is 18.9. The van der Waals surface area contributed by atoms with Gasteiger partial charge in [0, 0.05) is 18.5 Å². The minimum atomic E-state index is -0.391. The van der Waals surface area contributed by atoms with Crippen molar-refractivity contribution in [2.75, 3.05) is 25.5 Å². The zero-order valence-electron chi connectivity index (χ0n) is 15.6. The van der Waals surface area contributed by atoms with Crippen molar-refractivity contribution in [1.82, 2.24) is 4.98 Å². The van der Waals surface area contributed by atoms with Crippen LogP contribution >= 0.6 is 11.3 Å². The number of nitrogens with zero attached hydrogens (tertiary/aromatic N) is 1. The van der Waals surface area contributed by atoms with Gasteiger partial charge in [0.1, 0.15) is 6.04 Å². The number of rotatable bonds is 5. The smallest absolute Gasteiger partial charge is 0.337 e. The first kappa shape index (κ1) is 18.6. The Bertz CT molecular complexity index is 967. The van der Waals surface area contributed by atoms with Crippen LogP contribution in [0.1, 0.15) is 34.2 Å². The molecule has 2 atom stereocenters. The number of methoxy groups -OCH3 is 1. The number of thiazole rings is 1. The molecule has 0 aliphatic carbocycles. The summed E-state index contributed by atoms with van der Waals surface area (Å²) >= 11 is 1.73. The van der Waals surface area contributed by atoms with Crippen molar-refractivity contribution in [1.29, 1.82) is 0 Å². The molecule has 1 amide bonds. The van der Waals surface area contributed by atoms with Gasteiger partial charge in [-0.1, -0.05) is 12.1 Å². The highest BCUT2D eigenvalue weighted by Crippen LogP contribution is 2.28. The molecule has 4 rings (SSSR count). The third-order valence-corrected chi connectivity index (χ3v) is 6.22. The number of para-hydroxylation sites is 1. The van der Waals surface area contributed by atoms with Crippen molar-refractivity contribution >= 4 is 39.1 Å². The number of ether oxygens (including phenoxy) is 1. The molecule has 144 valence electrons. The number of fused-ring (bicyclic) bond motifs is 1. The van der Waals surface area contributed by atoms with Crippen LogP contribution in [0.4, 0.5) is 5.69 Å². The molecule has 1 saturated heterocycles. The van der Waals surface area contributed by atoms with Gasteiger partial charge in [0.15, 0.2) is 11.6 Å². The highest BCUT2D eigenvalue weighted by molar-refractivity contribution is 7.18. The second-order valence-corrected chi connectivity index (χ2v) is 7.98. The predicted octanol–water partition coefficient (Wildman–Crippen LogP) is 2.44. The number of anilines is 1. The summed E-state index contributed by atoms with van der Waals surface area (Å²) in [6.07, 6.45) is 2.15. The third-order valence-electron chi connectivity index (χ3n) is 5.07. The van der Waals surface area contributed by atoms with Crippen molar-refractivity contribution < 1.29 is 19.2 Å². The number of benzene rings is 2. The van der Waals surface area contributed by atoms with Crippen molar-refractivity contribution in [3.63, 3.8) is 0 Å². The van der Waals surface area contributed by atoms with Gasteiger partial charge in [-0.25, -0.2) is 9.78 Å². The number of amides is 1. The molecular formula is C21H22N3O3S+. The van der Waals surface area contributed by atoms with Gasteiger partial charge in [-0.3, -0.25) is 4.79 Å². The molecule has 7 heteroatoms. The van der Waals surface area contributed by atoms with Crippen LogP contribution in [0.2, 0.25) is 0 Å². The van der Waals surface area contributed by atoms with Gasteiger partial charge in [0.05, 0.1) is 29.4 Å². The number of aromatic nitrogens is 1. The lowest BCUT2D eigenvalue weighted by Crippen LogP contribution is -3.11. The van der Waals surface area contributed by atoms with Gasteiger partial charge in [0.2, 0.25) is 0 Å². The number of esters is 1. The number of carbonyl (C=O) groups excluding carboxylic acids is 2. The van der Waals surface area contributed by atoms with Crippen molar-refractivity contribution in [2.45, 2.75) is 18.9 Å². The molecule has 1 aliphatic rings. The van der Waals surface area contributed by atoms with E-state index in [1.807, 2.05) is 18.2 Å². The van der Waals surface area contributed by atoms with Gasteiger partial charge < -0.3 is 15.0 Å². The number of carbonyl (C=O) groups is 2. The van der Waals surface area contributed by atoms with E-state index in [1.165, 1.54) is 16.7 Å². The van der Waals surface area contributed by atoms with Crippen LogP contribution in [-0.2, 0) is 9.53 Å². The van der Waals surface area contributed by atoms with Crippen LogP contribution < -0.4 is 10.2 Å². The predicted molar refractivity (Wildman–Crippen MR) is 109 cm³/mol. The Morgan fingerprint density at radius 3 is 2.75 bits per heavy atom. The average molecular weight is 396 g/mol. The van der Waals surface area contributed by atoms with E-state index >= 15 is 0 Å². The number of likely N-dealkylation sites (tertiary alicyclic amines) is 1. The molecule has 0 bridgehead atoms. The molecule has 1 unspecified atom stereocenters. The van der Waals surface area contributed by atoms with E-state index in [9.17, 15) is 9.59 Å². The molecule has 2 N–H and O–H groups in total. The lowest BCUT2D eigenvalue weighted by Gasteiger charge is -2.19. The van der Waals surface area contributed by atoms with Crippen LogP contribution in [0.3, 0.4) is 0 Å². The second-order valence-electron chi connectivity index (χ2n) is 6.92. The molecule has 1 aromatic heterocycles. The van der Waals surface area contributed by atoms with Crippen molar-refractivity contribution in [2.24, 2.45) is 0 Å². The first-order valence-electron chi connectivity index (χ1n) is 9.32. The Hall–Kier alpha value is -2.77. The van der Waals surface area contributed by atoms with Crippen molar-refractivity contribution in [3.8, 4) is 0 Å². The molecule has 3 aromatic rings. The largest absolute Gasteiger partial charge is 0.465 e. The molecular weight excluding hydrogens is 374 g/mol. The van der Waals surface area contributed by atoms with Gasteiger partial charge in [-0.05, 0) is 36.4 Å². The van der Waals surface area contributed by atoms with Crippen LogP contribution in [-0.4, -0.2) is 37.1 Å². The number of nitrogens with one attached hydrogen (secondary N) is 2. The van der Waals surface area contributed by atoms with E-state index in [1.54, 1.807) is 35.6 Å². The van der Waals surface area contributed by atoms with Gasteiger partial charge >= 0.3 is 5.97 Å². The Balaban J connectivity index is 1.41. The third kappa shape index (κ3) is 3.90. The standard InChI is InChI=1S/C21H21N3O3S/c1-27-21(26)14-8-10-15(11-9-14)22-19(25)13-24-12-4-6-17(24)20-23-16-5-2-3-7-18(16)28-20/h2-3,5,7-11,17H,4,6,12-13H2,1H3,(H,22,25)/p+1/t17-/m0/s1. The number of hydrogen-bond acceptors (Lipinski definition) is 5. The summed E-state index contributed by atoms with van der Waals surface area (Å²) < 4.78 is 5.88. The minimum Gasteiger partial charge on any atom is -0.465 e. The Morgan fingerprint density at radius 2 is 2.00 bits per heavy atom. The summed E-state index contributed by atoms with van der Waals surface area (Å²) in [6, 6.07) is 15.2. The maximum atomic E-state index is 12.6. The maximum absolute atomic E-state index is 12.6. The van der Waals surface area contributed by atoms with E-state index in [-0.39, 0.29) is 11.9 Å². The summed E-state index contributed by atoms with van der Waals surface area (Å²) in [5.74, 6) is -0.424. The summed E-state index contributed by atoms with van der Waals surface area (Å²) in [5, 5.41) is 4.04. The summed E-state index contributed by atoms with van der Waals surface area (Å²) in [4.78, 5) is 30.1. The SMILES string of the molecule is COC(=O)c1ccc(NC(=O)C[NH+]2CCC[C@H]2c2nc3ccccc3s2)cc1.